The first-order valence-electron chi connectivity index (χ1n) is 10.4. The summed E-state index contributed by atoms with van der Waals surface area (Å²) in [5.41, 5.74) is 1.61. The van der Waals surface area contributed by atoms with E-state index in [1.165, 1.54) is 18.9 Å². The lowest BCUT2D eigenvalue weighted by Gasteiger charge is -2.19. The van der Waals surface area contributed by atoms with E-state index in [1.807, 2.05) is 48.7 Å². The van der Waals surface area contributed by atoms with Gasteiger partial charge in [0.15, 0.2) is 29.0 Å². The van der Waals surface area contributed by atoms with Gasteiger partial charge in [0.1, 0.15) is 6.54 Å². The molecule has 2 aromatic heterocycles. The predicted octanol–water partition coefficient (Wildman–Crippen LogP) is 3.47. The van der Waals surface area contributed by atoms with Gasteiger partial charge in [0.25, 0.3) is 0 Å². The van der Waals surface area contributed by atoms with Crippen molar-refractivity contribution < 1.29 is 9.13 Å². The zero-order chi connectivity index (χ0) is 20.9. The van der Waals surface area contributed by atoms with Crippen molar-refractivity contribution in [2.75, 3.05) is 13.2 Å². The second kappa shape index (κ2) is 9.11. The molecule has 1 aromatic carbocycles. The summed E-state index contributed by atoms with van der Waals surface area (Å²) in [6, 6.07) is 10.7. The quantitative estimate of drug-likeness (QED) is 0.439. The molecule has 2 heterocycles. The van der Waals surface area contributed by atoms with Gasteiger partial charge < -0.3 is 15.4 Å². The third kappa shape index (κ3) is 4.87. The van der Waals surface area contributed by atoms with E-state index in [9.17, 15) is 4.39 Å². The van der Waals surface area contributed by atoms with E-state index < -0.39 is 0 Å². The lowest BCUT2D eigenvalue weighted by molar-refractivity contribution is 0.285. The number of rotatable bonds is 8. The summed E-state index contributed by atoms with van der Waals surface area (Å²) in [5.74, 6) is 1.95. The maximum Gasteiger partial charge on any atom is 0.192 e. The minimum absolute atomic E-state index is 0.134. The van der Waals surface area contributed by atoms with Crippen LogP contribution in [0.25, 0.3) is 5.65 Å². The number of pyridine rings is 1. The Morgan fingerprint density at radius 1 is 1.30 bits per heavy atom. The van der Waals surface area contributed by atoms with Crippen LogP contribution in [-0.2, 0) is 6.54 Å². The van der Waals surface area contributed by atoms with Crippen LogP contribution < -0.4 is 15.4 Å². The Labute approximate surface area is 175 Å². The molecule has 158 valence electrons. The maximum atomic E-state index is 14.4. The highest BCUT2D eigenvalue weighted by Crippen LogP contribution is 2.30. The van der Waals surface area contributed by atoms with E-state index in [2.05, 4.69) is 25.8 Å². The number of ether oxygens (including phenoxy) is 1. The van der Waals surface area contributed by atoms with Crippen LogP contribution in [0.3, 0.4) is 0 Å². The summed E-state index contributed by atoms with van der Waals surface area (Å²) in [4.78, 5) is 4.62. The van der Waals surface area contributed by atoms with Crippen LogP contribution in [0.4, 0.5) is 4.39 Å². The highest BCUT2D eigenvalue weighted by molar-refractivity contribution is 5.80. The number of fused-ring (bicyclic) bond motifs is 1. The van der Waals surface area contributed by atoms with Crippen molar-refractivity contribution in [1.82, 2.24) is 25.2 Å². The second-order valence-corrected chi connectivity index (χ2v) is 7.55. The molecule has 1 saturated carbocycles. The lowest BCUT2D eigenvalue weighted by atomic mass is 10.1. The SMILES string of the molecule is CCNC(=NCc1nnc2ccccn12)NC(C)c1ccc(OCC2CC2)c(F)c1. The molecular formula is C22H27FN6O. The fourth-order valence-corrected chi connectivity index (χ4v) is 3.15. The Morgan fingerprint density at radius 2 is 2.17 bits per heavy atom. The first kappa shape index (κ1) is 20.1. The Balaban J connectivity index is 1.42. The van der Waals surface area contributed by atoms with Gasteiger partial charge >= 0.3 is 0 Å². The zero-order valence-electron chi connectivity index (χ0n) is 17.3. The number of halogens is 1. The van der Waals surface area contributed by atoms with Crippen LogP contribution in [0, 0.1) is 11.7 Å². The normalized spacial score (nSPS) is 15.2. The largest absolute Gasteiger partial charge is 0.490 e. The first-order valence-corrected chi connectivity index (χ1v) is 10.4. The number of aliphatic imine (C=N–C) groups is 1. The minimum atomic E-state index is -0.335. The second-order valence-electron chi connectivity index (χ2n) is 7.55. The summed E-state index contributed by atoms with van der Waals surface area (Å²) >= 11 is 0. The lowest BCUT2D eigenvalue weighted by Crippen LogP contribution is -2.38. The number of hydrogen-bond acceptors (Lipinski definition) is 4. The molecule has 7 nitrogen and oxygen atoms in total. The van der Waals surface area contributed by atoms with Crippen LogP contribution in [0.1, 0.15) is 44.1 Å². The number of benzene rings is 1. The maximum absolute atomic E-state index is 14.4. The molecule has 0 amide bonds. The summed E-state index contributed by atoms with van der Waals surface area (Å²) in [6.07, 6.45) is 4.27. The van der Waals surface area contributed by atoms with Crippen LogP contribution in [0.2, 0.25) is 0 Å². The van der Waals surface area contributed by atoms with Gasteiger partial charge in [0, 0.05) is 12.7 Å². The molecule has 1 aliphatic carbocycles. The van der Waals surface area contributed by atoms with Gasteiger partial charge in [-0.3, -0.25) is 4.40 Å². The van der Waals surface area contributed by atoms with E-state index in [1.54, 1.807) is 6.07 Å². The average Bonchev–Trinajstić information content (AvgIpc) is 3.49. The van der Waals surface area contributed by atoms with Gasteiger partial charge in [-0.05, 0) is 62.4 Å². The van der Waals surface area contributed by atoms with Crippen molar-refractivity contribution in [3.05, 3.63) is 59.8 Å². The molecule has 0 aliphatic heterocycles. The molecule has 0 radical (unpaired) electrons. The molecule has 0 saturated heterocycles. The highest BCUT2D eigenvalue weighted by Gasteiger charge is 2.22. The van der Waals surface area contributed by atoms with Crippen molar-refractivity contribution in [2.24, 2.45) is 10.9 Å². The van der Waals surface area contributed by atoms with Crippen molar-refractivity contribution in [2.45, 2.75) is 39.3 Å². The fraction of sp³-hybridized carbons (Fsp3) is 0.409. The molecule has 0 bridgehead atoms. The molecular weight excluding hydrogens is 383 g/mol. The number of nitrogens with one attached hydrogen (secondary N) is 2. The molecule has 30 heavy (non-hydrogen) atoms. The highest BCUT2D eigenvalue weighted by atomic mass is 19.1. The third-order valence-corrected chi connectivity index (χ3v) is 5.09. The molecule has 1 unspecified atom stereocenters. The van der Waals surface area contributed by atoms with Crippen LogP contribution >= 0.6 is 0 Å². The fourth-order valence-electron chi connectivity index (χ4n) is 3.15. The molecule has 1 atom stereocenters. The number of guanidine groups is 1. The smallest absolute Gasteiger partial charge is 0.192 e. The number of hydrogen-bond donors (Lipinski definition) is 2. The monoisotopic (exact) mass is 410 g/mol. The Morgan fingerprint density at radius 3 is 2.93 bits per heavy atom. The van der Waals surface area contributed by atoms with Crippen LogP contribution in [-0.4, -0.2) is 33.7 Å². The predicted molar refractivity (Wildman–Crippen MR) is 114 cm³/mol. The van der Waals surface area contributed by atoms with Crippen LogP contribution in [0.15, 0.2) is 47.6 Å². The van der Waals surface area contributed by atoms with Gasteiger partial charge in [-0.2, -0.15) is 0 Å². The van der Waals surface area contributed by atoms with Crippen LogP contribution in [0.5, 0.6) is 5.75 Å². The summed E-state index contributed by atoms with van der Waals surface area (Å²) in [7, 11) is 0. The van der Waals surface area contributed by atoms with E-state index in [4.69, 9.17) is 4.74 Å². The van der Waals surface area contributed by atoms with E-state index >= 15 is 0 Å². The topological polar surface area (TPSA) is 75.8 Å². The molecule has 1 aliphatic rings. The number of nitrogens with zero attached hydrogens (tertiary/aromatic N) is 4. The van der Waals surface area contributed by atoms with Gasteiger partial charge in [0.05, 0.1) is 12.6 Å². The first-order chi connectivity index (χ1) is 14.6. The van der Waals surface area contributed by atoms with Gasteiger partial charge in [-0.1, -0.05) is 12.1 Å². The van der Waals surface area contributed by atoms with E-state index in [-0.39, 0.29) is 11.9 Å². The van der Waals surface area contributed by atoms with Gasteiger partial charge in [-0.15, -0.1) is 10.2 Å². The zero-order valence-corrected chi connectivity index (χ0v) is 17.3. The van der Waals surface area contributed by atoms with Crippen molar-refractivity contribution in [3.8, 4) is 5.75 Å². The third-order valence-electron chi connectivity index (χ3n) is 5.09. The molecule has 8 heteroatoms. The van der Waals surface area contributed by atoms with Crippen molar-refractivity contribution >= 4 is 11.6 Å². The Kier molecular flexibility index (Phi) is 6.11. The summed E-state index contributed by atoms with van der Waals surface area (Å²) in [5, 5.41) is 14.9. The average molecular weight is 410 g/mol. The van der Waals surface area contributed by atoms with E-state index in [0.717, 1.165) is 17.0 Å². The molecule has 0 spiro atoms. The minimum Gasteiger partial charge on any atom is -0.490 e. The molecule has 4 rings (SSSR count). The number of aromatic nitrogens is 3. The standard InChI is InChI=1S/C22H27FN6O/c1-3-24-22(25-13-21-28-27-20-6-4-5-11-29(20)21)26-15(2)17-9-10-19(18(23)12-17)30-14-16-7-8-16/h4-6,9-12,15-16H,3,7-8,13-14H2,1-2H3,(H2,24,25,26). The Hall–Kier alpha value is -3.16. The van der Waals surface area contributed by atoms with Crippen molar-refractivity contribution in [1.29, 1.82) is 0 Å². The molecule has 2 N–H and O–H groups in total. The van der Waals surface area contributed by atoms with E-state index in [0.29, 0.717) is 37.3 Å². The summed E-state index contributed by atoms with van der Waals surface area (Å²) < 4.78 is 21.9. The Bertz CT molecular complexity index is 1030. The van der Waals surface area contributed by atoms with Crippen molar-refractivity contribution in [3.63, 3.8) is 0 Å². The van der Waals surface area contributed by atoms with Gasteiger partial charge in [0.2, 0.25) is 0 Å². The molecule has 1 fully saturated rings. The molecule has 3 aromatic rings. The summed E-state index contributed by atoms with van der Waals surface area (Å²) in [6.45, 7) is 5.65. The van der Waals surface area contributed by atoms with Gasteiger partial charge in [-0.25, -0.2) is 9.38 Å².